The predicted octanol–water partition coefficient (Wildman–Crippen LogP) is 4.52. The van der Waals surface area contributed by atoms with Gasteiger partial charge in [-0.25, -0.2) is 14.2 Å². The van der Waals surface area contributed by atoms with E-state index in [-0.39, 0.29) is 12.4 Å². The van der Waals surface area contributed by atoms with Crippen LogP contribution in [-0.2, 0) is 11.3 Å². The summed E-state index contributed by atoms with van der Waals surface area (Å²) in [6.45, 7) is 3.58. The summed E-state index contributed by atoms with van der Waals surface area (Å²) in [4.78, 5) is 16.4. The van der Waals surface area contributed by atoms with Crippen LogP contribution in [0.3, 0.4) is 0 Å². The summed E-state index contributed by atoms with van der Waals surface area (Å²) >= 11 is 1.42. The van der Waals surface area contributed by atoms with Gasteiger partial charge in [0.15, 0.2) is 0 Å². The van der Waals surface area contributed by atoms with E-state index in [0.29, 0.717) is 22.8 Å². The Kier molecular flexibility index (Phi) is 4.25. The Labute approximate surface area is 136 Å². The lowest BCUT2D eigenvalue weighted by atomic mass is 10.2. The number of esters is 1. The number of ether oxygens (including phenoxy) is 1. The van der Waals surface area contributed by atoms with Gasteiger partial charge in [-0.05, 0) is 44.2 Å². The maximum atomic E-state index is 12.9. The van der Waals surface area contributed by atoms with Gasteiger partial charge in [0.25, 0.3) is 0 Å². The Morgan fingerprint density at radius 3 is 2.70 bits per heavy atom. The van der Waals surface area contributed by atoms with Crippen LogP contribution in [0.4, 0.5) is 4.39 Å². The zero-order valence-corrected chi connectivity index (χ0v) is 13.4. The highest BCUT2D eigenvalue weighted by Crippen LogP contribution is 2.24. The molecule has 0 bridgehead atoms. The smallest absolute Gasteiger partial charge is 0.342 e. The highest BCUT2D eigenvalue weighted by atomic mass is 32.1. The monoisotopic (exact) mass is 331 g/mol. The quantitative estimate of drug-likeness (QED) is 0.660. The predicted molar refractivity (Wildman–Crippen MR) is 84.8 cm³/mol. The Balaban J connectivity index is 1.66. The van der Waals surface area contributed by atoms with E-state index in [1.165, 1.54) is 23.5 Å². The van der Waals surface area contributed by atoms with Crippen LogP contribution in [0.2, 0.25) is 0 Å². The Morgan fingerprint density at radius 2 is 2.04 bits per heavy atom. The second-order valence-electron chi connectivity index (χ2n) is 5.05. The summed E-state index contributed by atoms with van der Waals surface area (Å²) in [5.74, 6) is 0.486. The van der Waals surface area contributed by atoms with Crippen molar-refractivity contribution in [2.45, 2.75) is 20.5 Å². The highest BCUT2D eigenvalue weighted by Gasteiger charge is 2.15. The number of thiazole rings is 1. The molecule has 0 saturated heterocycles. The number of aromatic nitrogens is 1. The minimum atomic E-state index is -0.435. The third-order valence-corrected chi connectivity index (χ3v) is 4.20. The standard InChI is InChI=1S/C17H14FNO3S/c1-10-7-15(11(2)22-10)17(20)21-8-14-9-23-16(19-14)12-3-5-13(18)6-4-12/h3-7,9H,8H2,1-2H3. The van der Waals surface area contributed by atoms with Gasteiger partial charge in [0.2, 0.25) is 0 Å². The molecule has 0 N–H and O–H groups in total. The number of nitrogens with zero attached hydrogens (tertiary/aromatic N) is 1. The van der Waals surface area contributed by atoms with Gasteiger partial charge in [-0.2, -0.15) is 0 Å². The maximum Gasteiger partial charge on any atom is 0.342 e. The van der Waals surface area contributed by atoms with Gasteiger partial charge in [0.05, 0.1) is 5.69 Å². The molecule has 0 aliphatic rings. The molecule has 4 nitrogen and oxygen atoms in total. The number of carbonyl (C=O) groups excluding carboxylic acids is 1. The third-order valence-electron chi connectivity index (χ3n) is 3.25. The van der Waals surface area contributed by atoms with Crippen molar-refractivity contribution in [1.29, 1.82) is 0 Å². The zero-order chi connectivity index (χ0) is 16.4. The summed E-state index contributed by atoms with van der Waals surface area (Å²) in [6, 6.07) is 7.77. The number of halogens is 1. The van der Waals surface area contributed by atoms with E-state index in [1.54, 1.807) is 32.0 Å². The summed E-state index contributed by atoms with van der Waals surface area (Å²) in [7, 11) is 0. The fourth-order valence-electron chi connectivity index (χ4n) is 2.15. The molecule has 0 aliphatic carbocycles. The molecular weight excluding hydrogens is 317 g/mol. The number of benzene rings is 1. The van der Waals surface area contributed by atoms with E-state index in [1.807, 2.05) is 5.38 Å². The normalized spacial score (nSPS) is 10.7. The van der Waals surface area contributed by atoms with Gasteiger partial charge in [0, 0.05) is 10.9 Å². The van der Waals surface area contributed by atoms with Gasteiger partial charge in [0.1, 0.15) is 34.5 Å². The van der Waals surface area contributed by atoms with Crippen molar-refractivity contribution in [3.8, 4) is 10.6 Å². The largest absolute Gasteiger partial charge is 0.466 e. The van der Waals surface area contributed by atoms with Crippen LogP contribution in [0, 0.1) is 19.7 Å². The van der Waals surface area contributed by atoms with E-state index in [0.717, 1.165) is 10.6 Å². The van der Waals surface area contributed by atoms with Crippen molar-refractivity contribution in [2.75, 3.05) is 0 Å². The van der Waals surface area contributed by atoms with Crippen LogP contribution in [-0.4, -0.2) is 11.0 Å². The van der Waals surface area contributed by atoms with Gasteiger partial charge in [-0.1, -0.05) is 0 Å². The molecule has 0 aliphatic heterocycles. The second kappa shape index (κ2) is 6.34. The summed E-state index contributed by atoms with van der Waals surface area (Å²) < 4.78 is 23.5. The van der Waals surface area contributed by atoms with E-state index >= 15 is 0 Å². The molecule has 6 heteroatoms. The minimum Gasteiger partial charge on any atom is -0.466 e. The summed E-state index contributed by atoms with van der Waals surface area (Å²) in [6.07, 6.45) is 0. The number of carbonyl (C=O) groups is 1. The first kappa shape index (κ1) is 15.4. The molecule has 0 radical (unpaired) electrons. The van der Waals surface area contributed by atoms with Gasteiger partial charge in [-0.3, -0.25) is 0 Å². The number of rotatable bonds is 4. The fraction of sp³-hybridized carbons (Fsp3) is 0.176. The lowest BCUT2D eigenvalue weighted by Gasteiger charge is -2.01. The lowest BCUT2D eigenvalue weighted by molar-refractivity contribution is 0.0466. The molecule has 0 fully saturated rings. The molecule has 0 saturated carbocycles. The minimum absolute atomic E-state index is 0.0835. The first-order valence-corrected chi connectivity index (χ1v) is 7.85. The van der Waals surface area contributed by atoms with Gasteiger partial charge < -0.3 is 9.15 Å². The molecule has 0 amide bonds. The molecule has 0 unspecified atom stereocenters. The number of furan rings is 1. The molecule has 1 aromatic carbocycles. The van der Waals surface area contributed by atoms with Crippen LogP contribution in [0.5, 0.6) is 0 Å². The number of hydrogen-bond donors (Lipinski definition) is 0. The van der Waals surface area contributed by atoms with E-state index < -0.39 is 5.97 Å². The van der Waals surface area contributed by atoms with Crippen molar-refractivity contribution < 1.29 is 18.3 Å². The summed E-state index contributed by atoms with van der Waals surface area (Å²) in [5.41, 5.74) is 1.91. The van der Waals surface area contributed by atoms with Crippen molar-refractivity contribution in [3.05, 3.63) is 64.3 Å². The van der Waals surface area contributed by atoms with E-state index in [9.17, 15) is 9.18 Å². The molecule has 2 heterocycles. The molecule has 23 heavy (non-hydrogen) atoms. The van der Waals surface area contributed by atoms with Crippen LogP contribution in [0.15, 0.2) is 40.1 Å². The van der Waals surface area contributed by atoms with Crippen LogP contribution in [0.1, 0.15) is 27.6 Å². The SMILES string of the molecule is Cc1cc(C(=O)OCc2csc(-c3ccc(F)cc3)n2)c(C)o1. The topological polar surface area (TPSA) is 52.3 Å². The molecule has 0 atom stereocenters. The van der Waals surface area contributed by atoms with Crippen molar-refractivity contribution >= 4 is 17.3 Å². The average Bonchev–Trinajstić information content (AvgIpc) is 3.12. The van der Waals surface area contributed by atoms with Crippen LogP contribution >= 0.6 is 11.3 Å². The average molecular weight is 331 g/mol. The second-order valence-corrected chi connectivity index (χ2v) is 5.91. The van der Waals surface area contributed by atoms with Crippen molar-refractivity contribution in [2.24, 2.45) is 0 Å². The summed E-state index contributed by atoms with van der Waals surface area (Å²) in [5, 5.41) is 2.57. The van der Waals surface area contributed by atoms with Crippen molar-refractivity contribution in [3.63, 3.8) is 0 Å². The Hall–Kier alpha value is -2.47. The van der Waals surface area contributed by atoms with Crippen LogP contribution in [0.25, 0.3) is 10.6 Å². The molecule has 2 aromatic heterocycles. The molecule has 0 spiro atoms. The van der Waals surface area contributed by atoms with Gasteiger partial charge >= 0.3 is 5.97 Å². The maximum absolute atomic E-state index is 12.9. The molecule has 3 rings (SSSR count). The first-order valence-electron chi connectivity index (χ1n) is 6.97. The third kappa shape index (κ3) is 3.48. The first-order chi connectivity index (χ1) is 11.0. The van der Waals surface area contributed by atoms with E-state index in [2.05, 4.69) is 4.98 Å². The van der Waals surface area contributed by atoms with Gasteiger partial charge in [-0.15, -0.1) is 11.3 Å². The van der Waals surface area contributed by atoms with E-state index in [4.69, 9.17) is 9.15 Å². The lowest BCUT2D eigenvalue weighted by Crippen LogP contribution is -2.05. The Morgan fingerprint density at radius 1 is 1.30 bits per heavy atom. The number of aryl methyl sites for hydroxylation is 2. The molecular formula is C17H14FNO3S. The molecule has 3 aromatic rings. The Bertz CT molecular complexity index is 836. The molecule has 118 valence electrons. The van der Waals surface area contributed by atoms with Crippen molar-refractivity contribution in [1.82, 2.24) is 4.98 Å². The zero-order valence-electron chi connectivity index (χ0n) is 12.6. The fourth-order valence-corrected chi connectivity index (χ4v) is 2.96. The highest BCUT2D eigenvalue weighted by molar-refractivity contribution is 7.13. The van der Waals surface area contributed by atoms with Crippen LogP contribution < -0.4 is 0 Å². The number of hydrogen-bond acceptors (Lipinski definition) is 5.